The van der Waals surface area contributed by atoms with E-state index >= 15 is 0 Å². The highest BCUT2D eigenvalue weighted by Crippen LogP contribution is 2.24. The molecule has 1 aliphatic heterocycles. The van der Waals surface area contributed by atoms with Crippen LogP contribution < -0.4 is 10.7 Å². The highest BCUT2D eigenvalue weighted by molar-refractivity contribution is 5.32. The molecule has 1 aromatic rings. The van der Waals surface area contributed by atoms with Crippen molar-refractivity contribution in [3.8, 4) is 0 Å². The molecule has 0 bridgehead atoms. The van der Waals surface area contributed by atoms with Gasteiger partial charge in [0.15, 0.2) is 0 Å². The third kappa shape index (κ3) is 2.33. The lowest BCUT2D eigenvalue weighted by atomic mass is 9.90. The van der Waals surface area contributed by atoms with E-state index < -0.39 is 0 Å². The second kappa shape index (κ2) is 4.83. The van der Waals surface area contributed by atoms with Crippen molar-refractivity contribution in [2.24, 2.45) is 15.9 Å². The highest BCUT2D eigenvalue weighted by atomic mass is 15.0. The molecule has 2 rings (SSSR count). The summed E-state index contributed by atoms with van der Waals surface area (Å²) >= 11 is 0. The van der Waals surface area contributed by atoms with Crippen LogP contribution in [0.15, 0.2) is 22.1 Å². The monoisotopic (exact) mass is 244 g/mol. The smallest absolute Gasteiger partial charge is 0.143 e. The van der Waals surface area contributed by atoms with Gasteiger partial charge in [-0.15, -0.1) is 0 Å². The molecule has 0 saturated carbocycles. The van der Waals surface area contributed by atoms with Gasteiger partial charge in [-0.05, 0) is 41.0 Å². The predicted octanol–water partition coefficient (Wildman–Crippen LogP) is 3.17. The van der Waals surface area contributed by atoms with Gasteiger partial charge in [-0.25, -0.2) is 0 Å². The number of benzene rings is 1. The number of nitrogens with zero attached hydrogens (tertiary/aromatic N) is 2. The van der Waals surface area contributed by atoms with Gasteiger partial charge >= 0.3 is 0 Å². The van der Waals surface area contributed by atoms with Crippen LogP contribution in [0.1, 0.15) is 64.5 Å². The number of fused-ring (bicyclic) bond motifs is 1. The fraction of sp³-hybridized carbons (Fsp3) is 0.625. The largest absolute Gasteiger partial charge is 0.256 e. The molecule has 0 aromatic heterocycles. The average Bonchev–Trinajstić information content (AvgIpc) is 2.69. The van der Waals surface area contributed by atoms with Crippen LogP contribution >= 0.6 is 0 Å². The molecular formula is C16H24N2. The van der Waals surface area contributed by atoms with E-state index in [9.17, 15) is 0 Å². The minimum atomic E-state index is 0.113. The standard InChI is InChI=1S/C16H24N2/c1-9(2)12-7-14-15(8-13(12)10(3)4)18-16(17-14)11(5)6/h7-11,16H,1-6H3. The first-order valence-electron chi connectivity index (χ1n) is 6.99. The zero-order valence-corrected chi connectivity index (χ0v) is 12.4. The Labute approximate surface area is 110 Å². The van der Waals surface area contributed by atoms with Crippen molar-refractivity contribution in [2.45, 2.75) is 59.5 Å². The van der Waals surface area contributed by atoms with E-state index in [1.165, 1.54) is 11.1 Å². The molecule has 0 atom stereocenters. The summed E-state index contributed by atoms with van der Waals surface area (Å²) in [4.78, 5) is 9.46. The van der Waals surface area contributed by atoms with Crippen LogP contribution in [0.25, 0.3) is 0 Å². The molecule has 0 radical (unpaired) electrons. The topological polar surface area (TPSA) is 24.7 Å². The lowest BCUT2D eigenvalue weighted by Crippen LogP contribution is -2.24. The third-order valence-electron chi connectivity index (χ3n) is 3.56. The van der Waals surface area contributed by atoms with Gasteiger partial charge in [-0.2, -0.15) is 0 Å². The SMILES string of the molecule is CC(C)c1cc2c(cc1C(C)C)=NC(C(C)C)N=2. The number of rotatable bonds is 3. The molecule has 1 heterocycles. The highest BCUT2D eigenvalue weighted by Gasteiger charge is 2.17. The quantitative estimate of drug-likeness (QED) is 0.780. The molecule has 1 aromatic carbocycles. The number of hydrogen-bond donors (Lipinski definition) is 0. The van der Waals surface area contributed by atoms with Crippen molar-refractivity contribution in [1.82, 2.24) is 0 Å². The normalized spacial score (nSPS) is 15.2. The van der Waals surface area contributed by atoms with Gasteiger partial charge in [-0.1, -0.05) is 41.5 Å². The first-order chi connectivity index (χ1) is 8.40. The average molecular weight is 244 g/mol. The molecule has 0 fully saturated rings. The van der Waals surface area contributed by atoms with Crippen molar-refractivity contribution in [3.63, 3.8) is 0 Å². The summed E-state index contributed by atoms with van der Waals surface area (Å²) in [6.07, 6.45) is 0.113. The molecule has 2 nitrogen and oxygen atoms in total. The summed E-state index contributed by atoms with van der Waals surface area (Å²) in [5, 5.41) is 2.17. The predicted molar refractivity (Wildman–Crippen MR) is 75.6 cm³/mol. The Hall–Kier alpha value is -1.18. The van der Waals surface area contributed by atoms with Crippen LogP contribution in [0.2, 0.25) is 0 Å². The van der Waals surface area contributed by atoms with Gasteiger partial charge < -0.3 is 0 Å². The molecule has 0 spiro atoms. The van der Waals surface area contributed by atoms with E-state index in [2.05, 4.69) is 53.7 Å². The Bertz CT molecular complexity index is 506. The molecule has 0 amide bonds. The Morgan fingerprint density at radius 2 is 1.17 bits per heavy atom. The maximum absolute atomic E-state index is 4.73. The molecular weight excluding hydrogens is 220 g/mol. The minimum absolute atomic E-state index is 0.113. The van der Waals surface area contributed by atoms with Crippen LogP contribution in [0.4, 0.5) is 0 Å². The van der Waals surface area contributed by atoms with Gasteiger partial charge in [-0.3, -0.25) is 9.98 Å². The minimum Gasteiger partial charge on any atom is -0.256 e. The van der Waals surface area contributed by atoms with E-state index in [0.29, 0.717) is 17.8 Å². The second-order valence-electron chi connectivity index (χ2n) is 6.20. The first kappa shape index (κ1) is 13.3. The summed E-state index contributed by atoms with van der Waals surface area (Å²) < 4.78 is 0. The molecule has 0 saturated heterocycles. The Morgan fingerprint density at radius 1 is 0.778 bits per heavy atom. The van der Waals surface area contributed by atoms with Crippen LogP contribution in [0.3, 0.4) is 0 Å². The van der Waals surface area contributed by atoms with Crippen LogP contribution in [0, 0.1) is 5.92 Å². The van der Waals surface area contributed by atoms with Gasteiger partial charge in [0.25, 0.3) is 0 Å². The van der Waals surface area contributed by atoms with E-state index in [4.69, 9.17) is 9.98 Å². The van der Waals surface area contributed by atoms with E-state index in [-0.39, 0.29) is 6.17 Å². The fourth-order valence-corrected chi connectivity index (χ4v) is 2.43. The summed E-state index contributed by atoms with van der Waals surface area (Å²) in [5.41, 5.74) is 2.85. The molecule has 0 unspecified atom stereocenters. The van der Waals surface area contributed by atoms with Crippen LogP contribution in [-0.4, -0.2) is 6.17 Å². The van der Waals surface area contributed by atoms with Gasteiger partial charge in [0.2, 0.25) is 0 Å². The molecule has 18 heavy (non-hydrogen) atoms. The zero-order valence-electron chi connectivity index (χ0n) is 12.4. The molecule has 0 aliphatic carbocycles. The summed E-state index contributed by atoms with van der Waals surface area (Å²) in [6, 6.07) is 4.50. The Kier molecular flexibility index (Phi) is 3.56. The van der Waals surface area contributed by atoms with Crippen molar-refractivity contribution >= 4 is 0 Å². The van der Waals surface area contributed by atoms with Crippen molar-refractivity contribution in [2.75, 3.05) is 0 Å². The van der Waals surface area contributed by atoms with Crippen LogP contribution in [0.5, 0.6) is 0 Å². The molecule has 0 N–H and O–H groups in total. The maximum atomic E-state index is 4.73. The van der Waals surface area contributed by atoms with Crippen molar-refractivity contribution in [3.05, 3.63) is 34.0 Å². The molecule has 2 heteroatoms. The van der Waals surface area contributed by atoms with E-state index in [1.807, 2.05) is 0 Å². The lowest BCUT2D eigenvalue weighted by Gasteiger charge is -2.15. The van der Waals surface area contributed by atoms with E-state index in [1.54, 1.807) is 0 Å². The fourth-order valence-electron chi connectivity index (χ4n) is 2.43. The van der Waals surface area contributed by atoms with Crippen molar-refractivity contribution < 1.29 is 0 Å². The Balaban J connectivity index is 2.61. The van der Waals surface area contributed by atoms with Gasteiger partial charge in [0.1, 0.15) is 6.17 Å². The first-order valence-corrected chi connectivity index (χ1v) is 6.99. The molecule has 98 valence electrons. The number of hydrogen-bond acceptors (Lipinski definition) is 2. The Morgan fingerprint density at radius 3 is 1.44 bits per heavy atom. The lowest BCUT2D eigenvalue weighted by molar-refractivity contribution is 0.510. The van der Waals surface area contributed by atoms with E-state index in [0.717, 1.165) is 10.7 Å². The van der Waals surface area contributed by atoms with Gasteiger partial charge in [0.05, 0.1) is 10.7 Å². The van der Waals surface area contributed by atoms with Crippen molar-refractivity contribution in [1.29, 1.82) is 0 Å². The van der Waals surface area contributed by atoms with Crippen LogP contribution in [-0.2, 0) is 0 Å². The summed E-state index contributed by atoms with van der Waals surface area (Å²) in [5.74, 6) is 1.56. The summed E-state index contributed by atoms with van der Waals surface area (Å²) in [7, 11) is 0. The second-order valence-corrected chi connectivity index (χ2v) is 6.20. The van der Waals surface area contributed by atoms with Gasteiger partial charge in [0, 0.05) is 0 Å². The molecule has 1 aliphatic rings. The summed E-state index contributed by atoms with van der Waals surface area (Å²) in [6.45, 7) is 13.4. The third-order valence-corrected chi connectivity index (χ3v) is 3.56. The maximum Gasteiger partial charge on any atom is 0.143 e. The zero-order chi connectivity index (χ0) is 13.4.